The van der Waals surface area contributed by atoms with Gasteiger partial charge in [-0.1, -0.05) is 18.2 Å². The largest absolute Gasteiger partial charge is 0.338 e. The van der Waals surface area contributed by atoms with E-state index < -0.39 is 5.41 Å². The highest BCUT2D eigenvalue weighted by molar-refractivity contribution is 6.06. The van der Waals surface area contributed by atoms with Crippen LogP contribution in [0, 0.1) is 6.92 Å². The zero-order valence-corrected chi connectivity index (χ0v) is 15.6. The molecule has 7 nitrogen and oxygen atoms in total. The second kappa shape index (κ2) is 7.06. The van der Waals surface area contributed by atoms with Gasteiger partial charge in [0.1, 0.15) is 0 Å². The van der Waals surface area contributed by atoms with E-state index in [1.807, 2.05) is 48.3 Å². The van der Waals surface area contributed by atoms with Gasteiger partial charge in [-0.2, -0.15) is 5.10 Å². The number of hydrogen-bond acceptors (Lipinski definition) is 3. The average Bonchev–Trinajstić information content (AvgIpc) is 3.21. The lowest BCUT2D eigenvalue weighted by atomic mass is 9.75. The Morgan fingerprint density at radius 3 is 3.04 bits per heavy atom. The highest BCUT2D eigenvalue weighted by atomic mass is 16.2. The zero-order chi connectivity index (χ0) is 18.9. The predicted octanol–water partition coefficient (Wildman–Crippen LogP) is 2.28. The van der Waals surface area contributed by atoms with Crippen LogP contribution in [0.4, 0.5) is 10.5 Å². The van der Waals surface area contributed by atoms with Gasteiger partial charge in [0, 0.05) is 38.1 Å². The van der Waals surface area contributed by atoms with Crippen LogP contribution < -0.4 is 10.6 Å². The summed E-state index contributed by atoms with van der Waals surface area (Å²) in [6.45, 7) is 4.48. The number of likely N-dealkylation sites (tertiary alicyclic amines) is 1. The molecule has 1 spiro atoms. The third kappa shape index (κ3) is 3.29. The number of amides is 3. The third-order valence-electron chi connectivity index (χ3n) is 5.51. The van der Waals surface area contributed by atoms with Crippen LogP contribution in [0.15, 0.2) is 36.7 Å². The number of para-hydroxylation sites is 1. The van der Waals surface area contributed by atoms with Crippen LogP contribution in [0.2, 0.25) is 0 Å². The van der Waals surface area contributed by atoms with E-state index in [9.17, 15) is 9.59 Å². The van der Waals surface area contributed by atoms with E-state index in [1.165, 1.54) is 0 Å². The van der Waals surface area contributed by atoms with Gasteiger partial charge >= 0.3 is 6.03 Å². The van der Waals surface area contributed by atoms with Crippen molar-refractivity contribution in [2.24, 2.45) is 0 Å². The number of carbonyl (C=O) groups excluding carboxylic acids is 2. The molecule has 0 saturated carbocycles. The number of carbonyl (C=O) groups is 2. The minimum absolute atomic E-state index is 0.00949. The quantitative estimate of drug-likeness (QED) is 0.814. The van der Waals surface area contributed by atoms with Crippen LogP contribution in [0.1, 0.15) is 30.4 Å². The van der Waals surface area contributed by atoms with Crippen LogP contribution in [0.5, 0.6) is 0 Å². The second-order valence-electron chi connectivity index (χ2n) is 7.47. The molecular formula is C20H25N5O2. The number of anilines is 1. The van der Waals surface area contributed by atoms with Crippen LogP contribution in [0.3, 0.4) is 0 Å². The van der Waals surface area contributed by atoms with Crippen molar-refractivity contribution in [1.82, 2.24) is 20.0 Å². The molecule has 142 valence electrons. The number of aromatic nitrogens is 2. The molecule has 3 amide bonds. The minimum Gasteiger partial charge on any atom is -0.338 e. The van der Waals surface area contributed by atoms with E-state index in [-0.39, 0.29) is 11.9 Å². The van der Waals surface area contributed by atoms with Gasteiger partial charge in [0.15, 0.2) is 0 Å². The number of rotatable bonds is 4. The van der Waals surface area contributed by atoms with Crippen LogP contribution >= 0.6 is 0 Å². The van der Waals surface area contributed by atoms with Gasteiger partial charge in [0.25, 0.3) is 0 Å². The molecule has 3 heterocycles. The summed E-state index contributed by atoms with van der Waals surface area (Å²) in [7, 11) is 0. The molecule has 0 bridgehead atoms. The van der Waals surface area contributed by atoms with Gasteiger partial charge in [-0.15, -0.1) is 0 Å². The molecule has 2 N–H and O–H groups in total. The van der Waals surface area contributed by atoms with Crippen molar-refractivity contribution in [3.05, 3.63) is 47.8 Å². The van der Waals surface area contributed by atoms with E-state index in [4.69, 9.17) is 0 Å². The Kier molecular flexibility index (Phi) is 4.59. The van der Waals surface area contributed by atoms with Crippen LogP contribution in [0.25, 0.3) is 0 Å². The lowest BCUT2D eigenvalue weighted by molar-refractivity contribution is -0.122. The summed E-state index contributed by atoms with van der Waals surface area (Å²) >= 11 is 0. The first-order chi connectivity index (χ1) is 13.1. The Bertz CT molecular complexity index is 862. The molecule has 2 aromatic rings. The first-order valence-corrected chi connectivity index (χ1v) is 9.51. The molecule has 0 radical (unpaired) electrons. The minimum atomic E-state index is -0.612. The molecule has 1 saturated heterocycles. The molecule has 1 aromatic carbocycles. The molecule has 0 unspecified atom stereocenters. The number of nitrogens with one attached hydrogen (secondary N) is 2. The Morgan fingerprint density at radius 1 is 1.37 bits per heavy atom. The number of nitrogens with zero attached hydrogens (tertiary/aromatic N) is 3. The van der Waals surface area contributed by atoms with Crippen molar-refractivity contribution in [1.29, 1.82) is 0 Å². The first-order valence-electron chi connectivity index (χ1n) is 9.51. The molecule has 4 rings (SSSR count). The lowest BCUT2D eigenvalue weighted by Crippen LogP contribution is -2.54. The zero-order valence-electron chi connectivity index (χ0n) is 15.6. The van der Waals surface area contributed by atoms with E-state index in [2.05, 4.69) is 15.7 Å². The molecule has 0 aliphatic carbocycles. The van der Waals surface area contributed by atoms with Crippen molar-refractivity contribution in [3.63, 3.8) is 0 Å². The lowest BCUT2D eigenvalue weighted by Gasteiger charge is -2.39. The molecule has 1 atom stereocenters. The number of aryl methyl sites for hydroxylation is 2. The second-order valence-corrected chi connectivity index (χ2v) is 7.47. The van der Waals surface area contributed by atoms with Crippen molar-refractivity contribution in [2.45, 2.75) is 38.1 Å². The fraction of sp³-hybridized carbons (Fsp3) is 0.450. The number of fused-ring (bicyclic) bond motifs is 2. The summed E-state index contributed by atoms with van der Waals surface area (Å²) in [6, 6.07) is 7.71. The number of piperidine rings is 1. The highest BCUT2D eigenvalue weighted by Gasteiger charge is 2.49. The van der Waals surface area contributed by atoms with Crippen molar-refractivity contribution in [2.75, 3.05) is 25.0 Å². The van der Waals surface area contributed by atoms with Gasteiger partial charge < -0.3 is 15.5 Å². The van der Waals surface area contributed by atoms with E-state index in [0.29, 0.717) is 19.6 Å². The maximum atomic E-state index is 12.7. The third-order valence-corrected chi connectivity index (χ3v) is 5.51. The fourth-order valence-corrected chi connectivity index (χ4v) is 4.15. The van der Waals surface area contributed by atoms with Gasteiger partial charge in [0.05, 0.1) is 11.6 Å². The molecule has 2 aliphatic rings. The van der Waals surface area contributed by atoms with Gasteiger partial charge in [-0.3, -0.25) is 9.48 Å². The molecule has 1 fully saturated rings. The van der Waals surface area contributed by atoms with Crippen molar-refractivity contribution < 1.29 is 9.59 Å². The Morgan fingerprint density at radius 2 is 2.22 bits per heavy atom. The summed E-state index contributed by atoms with van der Waals surface area (Å²) in [5, 5.41) is 10.2. The highest BCUT2D eigenvalue weighted by Crippen LogP contribution is 2.43. The van der Waals surface area contributed by atoms with E-state index in [0.717, 1.165) is 42.6 Å². The molecule has 27 heavy (non-hydrogen) atoms. The first kappa shape index (κ1) is 17.6. The predicted molar refractivity (Wildman–Crippen MR) is 103 cm³/mol. The maximum Gasteiger partial charge on any atom is 0.317 e. The molecule has 2 aliphatic heterocycles. The van der Waals surface area contributed by atoms with Crippen molar-refractivity contribution >= 4 is 17.6 Å². The Balaban J connectivity index is 1.35. The standard InChI is InChI=1S/C20H25N5O2/c1-15-12-22-25(13-15)11-5-9-21-19(27)24-10-4-8-20(14-24)16-6-2-3-7-17(16)23-18(20)26/h2-3,6-7,12-13H,4-5,8-11,14H2,1H3,(H,21,27)(H,23,26)/t20-/m0/s1. The monoisotopic (exact) mass is 367 g/mol. The normalized spacial score (nSPS) is 21.2. The van der Waals surface area contributed by atoms with E-state index in [1.54, 1.807) is 4.90 Å². The van der Waals surface area contributed by atoms with E-state index >= 15 is 0 Å². The smallest absolute Gasteiger partial charge is 0.317 e. The fourth-order valence-electron chi connectivity index (χ4n) is 4.15. The topological polar surface area (TPSA) is 79.3 Å². The summed E-state index contributed by atoms with van der Waals surface area (Å²) < 4.78 is 1.89. The SMILES string of the molecule is Cc1cnn(CCCNC(=O)N2CCC[C@@]3(C2)C(=O)Nc2ccccc23)c1. The number of urea groups is 1. The van der Waals surface area contributed by atoms with Gasteiger partial charge in [0.2, 0.25) is 5.91 Å². The summed E-state index contributed by atoms with van der Waals surface area (Å²) in [5.74, 6) is 0.00949. The Labute approximate surface area is 158 Å². The number of benzene rings is 1. The van der Waals surface area contributed by atoms with Crippen LogP contribution in [-0.4, -0.2) is 46.3 Å². The molecular weight excluding hydrogens is 342 g/mol. The summed E-state index contributed by atoms with van der Waals surface area (Å²) in [5.41, 5.74) is 2.41. The van der Waals surface area contributed by atoms with Crippen molar-refractivity contribution in [3.8, 4) is 0 Å². The Hall–Kier alpha value is -2.83. The van der Waals surface area contributed by atoms with Gasteiger partial charge in [-0.25, -0.2) is 4.79 Å². The number of hydrogen-bond donors (Lipinski definition) is 2. The average molecular weight is 367 g/mol. The maximum absolute atomic E-state index is 12.7. The summed E-state index contributed by atoms with van der Waals surface area (Å²) in [4.78, 5) is 27.1. The molecule has 7 heteroatoms. The van der Waals surface area contributed by atoms with Crippen LogP contribution in [-0.2, 0) is 16.8 Å². The van der Waals surface area contributed by atoms with Gasteiger partial charge in [-0.05, 0) is 43.4 Å². The molecule has 1 aromatic heterocycles. The summed E-state index contributed by atoms with van der Waals surface area (Å²) in [6.07, 6.45) is 6.23.